The van der Waals surface area contributed by atoms with Gasteiger partial charge in [-0.2, -0.15) is 18.3 Å². The van der Waals surface area contributed by atoms with Crippen LogP contribution in [0.4, 0.5) is 26.3 Å². The highest BCUT2D eigenvalue weighted by Gasteiger charge is 2.36. The van der Waals surface area contributed by atoms with Crippen molar-refractivity contribution < 1.29 is 36.2 Å². The van der Waals surface area contributed by atoms with Crippen molar-refractivity contribution in [1.29, 1.82) is 0 Å². The number of hydrogen-bond donors (Lipinski definition) is 2. The lowest BCUT2D eigenvalue weighted by Gasteiger charge is -2.32. The van der Waals surface area contributed by atoms with Gasteiger partial charge < -0.3 is 15.0 Å². The van der Waals surface area contributed by atoms with Crippen molar-refractivity contribution in [3.8, 4) is 22.8 Å². The standard InChI is InChI=1S/C29H22F6N6O3/c1-14-24(27(43)39-10-7-16(8-11-39)40-26-21(37-28(40)44)5-4-20(31)23(26)32)38-41(25(14)15-6-9-36-22(42)12-15)17-2-3-19(30)18(13-17)29(33,34)35/h2-6,9,12-13,16H,7-8,10-11H2,1H3,(H,36,42)(H,37,44). The fourth-order valence-corrected chi connectivity index (χ4v) is 5.63. The molecule has 44 heavy (non-hydrogen) atoms. The molecule has 2 aromatic carbocycles. The molecular weight excluding hydrogens is 594 g/mol. The molecule has 1 amide bonds. The Kier molecular flexibility index (Phi) is 6.97. The summed E-state index contributed by atoms with van der Waals surface area (Å²) < 4.78 is 85.5. The molecule has 5 aromatic rings. The lowest BCUT2D eigenvalue weighted by Crippen LogP contribution is -2.41. The summed E-state index contributed by atoms with van der Waals surface area (Å²) in [5.41, 5.74) is -1.77. The van der Waals surface area contributed by atoms with Crippen LogP contribution in [-0.4, -0.2) is 53.3 Å². The van der Waals surface area contributed by atoms with Gasteiger partial charge in [0, 0.05) is 42.5 Å². The number of amides is 1. The Hall–Kier alpha value is -5.08. The smallest absolute Gasteiger partial charge is 0.419 e. The van der Waals surface area contributed by atoms with Gasteiger partial charge in [0.15, 0.2) is 17.3 Å². The Bertz CT molecular complexity index is 1990. The Balaban J connectivity index is 1.35. The summed E-state index contributed by atoms with van der Waals surface area (Å²) in [6.45, 7) is 1.74. The highest BCUT2D eigenvalue weighted by Crippen LogP contribution is 2.36. The predicted molar refractivity (Wildman–Crippen MR) is 145 cm³/mol. The fraction of sp³-hybridized carbons (Fsp3) is 0.241. The first-order chi connectivity index (χ1) is 20.8. The topological polar surface area (TPSA) is 109 Å². The Morgan fingerprint density at radius 1 is 1.02 bits per heavy atom. The third kappa shape index (κ3) is 4.87. The van der Waals surface area contributed by atoms with Gasteiger partial charge in [0.1, 0.15) is 11.3 Å². The van der Waals surface area contributed by atoms with Crippen LogP contribution < -0.4 is 5.69 Å². The number of halogens is 6. The number of rotatable bonds is 4. The number of nitrogens with zero attached hydrogens (tertiary/aromatic N) is 5. The third-order valence-electron chi connectivity index (χ3n) is 7.73. The number of alkyl halides is 3. The van der Waals surface area contributed by atoms with E-state index in [2.05, 4.69) is 15.1 Å². The molecule has 2 N–H and O–H groups in total. The van der Waals surface area contributed by atoms with Crippen LogP contribution >= 0.6 is 0 Å². The number of aromatic amines is 1. The number of hydrogen-bond acceptors (Lipinski definition) is 5. The van der Waals surface area contributed by atoms with Gasteiger partial charge in [-0.15, -0.1) is 0 Å². The summed E-state index contributed by atoms with van der Waals surface area (Å²) in [7, 11) is 0. The monoisotopic (exact) mass is 616 g/mol. The van der Waals surface area contributed by atoms with Crippen LogP contribution in [-0.2, 0) is 6.18 Å². The van der Waals surface area contributed by atoms with E-state index in [9.17, 15) is 41.0 Å². The maximum atomic E-state index is 14.6. The molecule has 0 aliphatic carbocycles. The molecule has 0 unspecified atom stereocenters. The maximum absolute atomic E-state index is 14.6. The minimum absolute atomic E-state index is 0.103. The minimum Gasteiger partial charge on any atom is -0.493 e. The molecule has 3 aromatic heterocycles. The molecular formula is C29H22F6N6O3. The molecule has 1 fully saturated rings. The van der Waals surface area contributed by atoms with Crippen LogP contribution in [0.3, 0.4) is 0 Å². The normalized spacial score (nSPS) is 14.5. The van der Waals surface area contributed by atoms with Crippen LogP contribution in [0.25, 0.3) is 28.0 Å². The highest BCUT2D eigenvalue weighted by molar-refractivity contribution is 5.96. The molecule has 0 saturated carbocycles. The van der Waals surface area contributed by atoms with E-state index < -0.39 is 46.8 Å². The van der Waals surface area contributed by atoms with Crippen molar-refractivity contribution in [2.24, 2.45) is 0 Å². The Morgan fingerprint density at radius 3 is 2.41 bits per heavy atom. The number of pyridine rings is 1. The summed E-state index contributed by atoms with van der Waals surface area (Å²) in [6.07, 6.45) is -3.30. The summed E-state index contributed by atoms with van der Waals surface area (Å²) in [6, 6.07) is 6.65. The van der Waals surface area contributed by atoms with Gasteiger partial charge in [-0.3, -0.25) is 9.36 Å². The molecule has 6 rings (SSSR count). The third-order valence-corrected chi connectivity index (χ3v) is 7.73. The molecule has 9 nitrogen and oxygen atoms in total. The number of imidazole rings is 1. The number of aromatic nitrogens is 5. The van der Waals surface area contributed by atoms with E-state index in [0.717, 1.165) is 21.4 Å². The van der Waals surface area contributed by atoms with E-state index in [1.54, 1.807) is 0 Å². The molecule has 4 heterocycles. The van der Waals surface area contributed by atoms with Gasteiger partial charge in [0.05, 0.1) is 22.5 Å². The summed E-state index contributed by atoms with van der Waals surface area (Å²) in [4.78, 5) is 34.0. The number of benzene rings is 2. The fourth-order valence-electron chi connectivity index (χ4n) is 5.63. The Labute approximate surface area is 244 Å². The van der Waals surface area contributed by atoms with Crippen LogP contribution in [0.15, 0.2) is 53.5 Å². The zero-order chi connectivity index (χ0) is 31.5. The van der Waals surface area contributed by atoms with E-state index >= 15 is 0 Å². The van der Waals surface area contributed by atoms with E-state index in [0.29, 0.717) is 12.1 Å². The first kappa shape index (κ1) is 29.0. The van der Waals surface area contributed by atoms with Gasteiger partial charge in [-0.05, 0) is 56.2 Å². The van der Waals surface area contributed by atoms with Crippen LogP contribution in [0.2, 0.25) is 0 Å². The SMILES string of the molecule is Cc1c(C(=O)N2CCC(n3c(=O)[nH]c4ccc(F)c(F)c43)CC2)nn(-c2ccc(F)c(C(F)(F)F)c2)c1-c1ccnc(O)c1. The second-order valence-electron chi connectivity index (χ2n) is 10.4. The molecule has 1 aliphatic heterocycles. The number of likely N-dealkylation sites (tertiary alicyclic amines) is 1. The van der Waals surface area contributed by atoms with Gasteiger partial charge in [0.25, 0.3) is 5.91 Å². The average Bonchev–Trinajstić information content (AvgIpc) is 3.51. The molecule has 1 aliphatic rings. The molecule has 1 saturated heterocycles. The summed E-state index contributed by atoms with van der Waals surface area (Å²) >= 11 is 0. The van der Waals surface area contributed by atoms with Gasteiger partial charge >= 0.3 is 11.9 Å². The molecule has 0 radical (unpaired) electrons. The number of carbonyl (C=O) groups excluding carboxylic acids is 1. The summed E-state index contributed by atoms with van der Waals surface area (Å²) in [5.74, 6) is -4.70. The maximum Gasteiger partial charge on any atom is 0.419 e. The van der Waals surface area contributed by atoms with Crippen molar-refractivity contribution in [2.45, 2.75) is 32.0 Å². The zero-order valence-electron chi connectivity index (χ0n) is 22.8. The number of fused-ring (bicyclic) bond motifs is 1. The van der Waals surface area contributed by atoms with Crippen molar-refractivity contribution in [1.82, 2.24) is 29.2 Å². The summed E-state index contributed by atoms with van der Waals surface area (Å²) in [5, 5.41) is 14.3. The van der Waals surface area contributed by atoms with Crippen LogP contribution in [0.1, 0.15) is 40.5 Å². The van der Waals surface area contributed by atoms with Gasteiger partial charge in [-0.1, -0.05) is 0 Å². The zero-order valence-corrected chi connectivity index (χ0v) is 22.8. The van der Waals surface area contributed by atoms with Gasteiger partial charge in [0.2, 0.25) is 5.88 Å². The first-order valence-corrected chi connectivity index (χ1v) is 13.3. The molecule has 0 spiro atoms. The van der Waals surface area contributed by atoms with Crippen molar-refractivity contribution in [3.05, 3.63) is 93.4 Å². The van der Waals surface area contributed by atoms with E-state index in [-0.39, 0.29) is 71.0 Å². The average molecular weight is 617 g/mol. The highest BCUT2D eigenvalue weighted by atomic mass is 19.4. The first-order valence-electron chi connectivity index (χ1n) is 13.3. The quantitative estimate of drug-likeness (QED) is 0.259. The van der Waals surface area contributed by atoms with Crippen LogP contribution in [0.5, 0.6) is 5.88 Å². The van der Waals surface area contributed by atoms with Crippen molar-refractivity contribution >= 4 is 16.9 Å². The van der Waals surface area contributed by atoms with E-state index in [4.69, 9.17) is 0 Å². The number of H-pyrrole nitrogens is 1. The minimum atomic E-state index is -5.00. The second-order valence-corrected chi connectivity index (χ2v) is 10.4. The van der Waals surface area contributed by atoms with Crippen molar-refractivity contribution in [2.75, 3.05) is 13.1 Å². The van der Waals surface area contributed by atoms with Crippen LogP contribution in [0, 0.1) is 24.4 Å². The lowest BCUT2D eigenvalue weighted by atomic mass is 10.0. The molecule has 15 heteroatoms. The predicted octanol–water partition coefficient (Wildman–Crippen LogP) is 5.50. The second kappa shape index (κ2) is 10.6. The molecule has 0 bridgehead atoms. The van der Waals surface area contributed by atoms with E-state index in [1.165, 1.54) is 36.2 Å². The van der Waals surface area contributed by atoms with Gasteiger partial charge in [-0.25, -0.2) is 27.6 Å². The number of nitrogens with one attached hydrogen (secondary N) is 1. The number of piperidine rings is 1. The Morgan fingerprint density at radius 2 is 1.73 bits per heavy atom. The van der Waals surface area contributed by atoms with Crippen molar-refractivity contribution in [3.63, 3.8) is 0 Å². The van der Waals surface area contributed by atoms with E-state index in [1.807, 2.05) is 0 Å². The molecule has 228 valence electrons. The molecule has 0 atom stereocenters. The number of carbonyl (C=O) groups is 1. The lowest BCUT2D eigenvalue weighted by molar-refractivity contribution is -0.140. The largest absolute Gasteiger partial charge is 0.493 e. The number of aromatic hydroxyl groups is 1.